The summed E-state index contributed by atoms with van der Waals surface area (Å²) < 4.78 is 0. The molecule has 0 spiro atoms. The smallest absolute Gasteiger partial charge is 0.274 e. The van der Waals surface area contributed by atoms with E-state index in [4.69, 9.17) is 4.98 Å². The quantitative estimate of drug-likeness (QED) is 0.661. The third kappa shape index (κ3) is 4.52. The Kier molecular flexibility index (Phi) is 6.40. The normalized spacial score (nSPS) is 14.7. The SMILES string of the molecule is CCc1ccccc1N(C(C)=O)c1nc(C[NH+]2CCN(c3cccc[nH+]3)CC2)cs1. The van der Waals surface area contributed by atoms with Gasteiger partial charge in [-0.15, -0.1) is 11.3 Å². The molecule has 3 heterocycles. The number of thiazole rings is 1. The molecule has 3 aromatic rings. The molecule has 0 bridgehead atoms. The fourth-order valence-electron chi connectivity index (χ4n) is 3.99. The van der Waals surface area contributed by atoms with E-state index in [0.29, 0.717) is 0 Å². The fraction of sp³-hybridized carbons (Fsp3) is 0.348. The zero-order chi connectivity index (χ0) is 20.9. The number of H-pyrrole nitrogens is 1. The molecular formula is C23H29N5OS+2. The van der Waals surface area contributed by atoms with E-state index in [1.807, 2.05) is 30.5 Å². The van der Waals surface area contributed by atoms with Crippen molar-refractivity contribution in [2.45, 2.75) is 26.8 Å². The number of rotatable bonds is 6. The lowest BCUT2D eigenvalue weighted by atomic mass is 10.1. The predicted molar refractivity (Wildman–Crippen MR) is 120 cm³/mol. The van der Waals surface area contributed by atoms with Gasteiger partial charge < -0.3 is 4.90 Å². The molecule has 7 heteroatoms. The van der Waals surface area contributed by atoms with Crippen LogP contribution in [0.15, 0.2) is 54.0 Å². The number of pyridine rings is 1. The minimum atomic E-state index is -0.00290. The Balaban J connectivity index is 1.43. The number of quaternary nitrogens is 1. The third-order valence-electron chi connectivity index (χ3n) is 5.59. The number of hydrogen-bond acceptors (Lipinski definition) is 4. The van der Waals surface area contributed by atoms with Crippen LogP contribution in [0.1, 0.15) is 25.1 Å². The van der Waals surface area contributed by atoms with Crippen LogP contribution >= 0.6 is 11.3 Å². The highest BCUT2D eigenvalue weighted by Gasteiger charge is 2.27. The van der Waals surface area contributed by atoms with E-state index in [-0.39, 0.29) is 5.91 Å². The highest BCUT2D eigenvalue weighted by atomic mass is 32.1. The summed E-state index contributed by atoms with van der Waals surface area (Å²) in [4.78, 5) is 26.3. The lowest BCUT2D eigenvalue weighted by Gasteiger charge is -2.27. The zero-order valence-corrected chi connectivity index (χ0v) is 18.4. The number of hydrogen-bond donors (Lipinski definition) is 1. The maximum absolute atomic E-state index is 12.5. The predicted octanol–water partition coefficient (Wildman–Crippen LogP) is 2.11. The van der Waals surface area contributed by atoms with Crippen molar-refractivity contribution >= 4 is 33.9 Å². The van der Waals surface area contributed by atoms with Crippen LogP contribution < -0.4 is 19.7 Å². The van der Waals surface area contributed by atoms with Crippen molar-refractivity contribution in [1.29, 1.82) is 0 Å². The number of aromatic nitrogens is 2. The van der Waals surface area contributed by atoms with E-state index in [1.54, 1.807) is 23.2 Å². The van der Waals surface area contributed by atoms with Crippen molar-refractivity contribution in [2.75, 3.05) is 36.0 Å². The van der Waals surface area contributed by atoms with Crippen LogP contribution in [0.4, 0.5) is 16.6 Å². The number of aryl methyl sites for hydroxylation is 1. The van der Waals surface area contributed by atoms with Gasteiger partial charge in [0.25, 0.3) is 5.82 Å². The monoisotopic (exact) mass is 423 g/mol. The summed E-state index contributed by atoms with van der Waals surface area (Å²) in [7, 11) is 0. The van der Waals surface area contributed by atoms with Crippen molar-refractivity contribution in [2.24, 2.45) is 0 Å². The molecule has 0 atom stereocenters. The summed E-state index contributed by atoms with van der Waals surface area (Å²) in [6.45, 7) is 8.81. The van der Waals surface area contributed by atoms with Gasteiger partial charge in [-0.1, -0.05) is 31.2 Å². The van der Waals surface area contributed by atoms with Gasteiger partial charge in [0.05, 0.1) is 11.9 Å². The van der Waals surface area contributed by atoms with Gasteiger partial charge in [0, 0.05) is 18.4 Å². The molecule has 0 unspecified atom stereocenters. The topological polar surface area (TPSA) is 55.0 Å². The van der Waals surface area contributed by atoms with E-state index < -0.39 is 0 Å². The Morgan fingerprint density at radius 3 is 2.67 bits per heavy atom. The van der Waals surface area contributed by atoms with Gasteiger partial charge in [-0.3, -0.25) is 14.6 Å². The number of para-hydroxylation sites is 1. The second-order valence-electron chi connectivity index (χ2n) is 7.62. The van der Waals surface area contributed by atoms with Gasteiger partial charge in [-0.25, -0.2) is 9.97 Å². The molecule has 1 aliphatic rings. The van der Waals surface area contributed by atoms with Crippen molar-refractivity contribution in [1.82, 2.24) is 4.98 Å². The number of anilines is 3. The molecule has 1 saturated heterocycles. The van der Waals surface area contributed by atoms with Crippen molar-refractivity contribution in [3.63, 3.8) is 0 Å². The van der Waals surface area contributed by atoms with Gasteiger partial charge in [-0.05, 0) is 24.1 Å². The summed E-state index contributed by atoms with van der Waals surface area (Å²) in [5, 5.41) is 2.86. The first-order valence-electron chi connectivity index (χ1n) is 10.5. The lowest BCUT2D eigenvalue weighted by Crippen LogP contribution is -3.13. The van der Waals surface area contributed by atoms with Gasteiger partial charge in [0.15, 0.2) is 5.13 Å². The largest absolute Gasteiger partial charge is 0.323 e. The molecule has 1 aromatic carbocycles. The molecule has 30 heavy (non-hydrogen) atoms. The molecule has 1 fully saturated rings. The highest BCUT2D eigenvalue weighted by molar-refractivity contribution is 7.14. The van der Waals surface area contributed by atoms with E-state index in [9.17, 15) is 4.79 Å². The second-order valence-corrected chi connectivity index (χ2v) is 8.46. The molecule has 2 aromatic heterocycles. The maximum Gasteiger partial charge on any atom is 0.274 e. The second kappa shape index (κ2) is 9.36. The Bertz CT molecular complexity index is 982. The van der Waals surface area contributed by atoms with Crippen molar-refractivity contribution < 1.29 is 14.7 Å². The van der Waals surface area contributed by atoms with Crippen molar-refractivity contribution in [3.05, 3.63) is 65.3 Å². The molecule has 156 valence electrons. The van der Waals surface area contributed by atoms with E-state index in [1.165, 1.54) is 10.7 Å². The molecule has 1 amide bonds. The standard InChI is InChI=1S/C23H27N5OS/c1-3-19-8-4-5-9-21(19)28(18(2)29)23-25-20(17-30-23)16-26-12-14-27(15-13-26)22-10-6-7-11-24-22/h4-11,17H,3,12-16H2,1-2H3/p+2. The first-order valence-corrected chi connectivity index (χ1v) is 11.4. The van der Waals surface area contributed by atoms with Crippen LogP contribution in [0.3, 0.4) is 0 Å². The van der Waals surface area contributed by atoms with E-state index >= 15 is 0 Å². The summed E-state index contributed by atoms with van der Waals surface area (Å²) >= 11 is 1.55. The summed E-state index contributed by atoms with van der Waals surface area (Å²) in [5.41, 5.74) is 3.15. The number of nitrogens with one attached hydrogen (secondary N) is 2. The van der Waals surface area contributed by atoms with E-state index in [0.717, 1.165) is 61.2 Å². The lowest BCUT2D eigenvalue weighted by molar-refractivity contribution is -0.914. The van der Waals surface area contributed by atoms with E-state index in [2.05, 4.69) is 40.4 Å². The van der Waals surface area contributed by atoms with Gasteiger partial charge >= 0.3 is 0 Å². The van der Waals surface area contributed by atoms with Crippen LogP contribution in [0.25, 0.3) is 0 Å². The zero-order valence-electron chi connectivity index (χ0n) is 17.6. The number of nitrogens with zero attached hydrogens (tertiary/aromatic N) is 3. The molecule has 1 aliphatic heterocycles. The summed E-state index contributed by atoms with van der Waals surface area (Å²) in [5.74, 6) is 1.18. The summed E-state index contributed by atoms with van der Waals surface area (Å²) in [6, 6.07) is 14.3. The molecule has 0 aliphatic carbocycles. The third-order valence-corrected chi connectivity index (χ3v) is 6.47. The average molecular weight is 424 g/mol. The van der Waals surface area contributed by atoms with Crippen LogP contribution in [0, 0.1) is 0 Å². The van der Waals surface area contributed by atoms with Crippen LogP contribution in [0.2, 0.25) is 0 Å². The Morgan fingerprint density at radius 1 is 1.20 bits per heavy atom. The number of piperazine rings is 1. The number of carbonyl (C=O) groups is 1. The molecule has 6 nitrogen and oxygen atoms in total. The average Bonchev–Trinajstić information content (AvgIpc) is 3.23. The maximum atomic E-state index is 12.5. The summed E-state index contributed by atoms with van der Waals surface area (Å²) in [6.07, 6.45) is 2.86. The first kappa shape index (κ1) is 20.5. The molecule has 2 N–H and O–H groups in total. The van der Waals surface area contributed by atoms with Crippen LogP contribution in [-0.2, 0) is 17.8 Å². The fourth-order valence-corrected chi connectivity index (χ4v) is 4.87. The first-order chi connectivity index (χ1) is 14.7. The Morgan fingerprint density at radius 2 is 1.97 bits per heavy atom. The van der Waals surface area contributed by atoms with Gasteiger partial charge in [0.1, 0.15) is 38.4 Å². The number of benzene rings is 1. The molecular weight excluding hydrogens is 394 g/mol. The Labute approximate surface area is 181 Å². The van der Waals surface area contributed by atoms with Crippen molar-refractivity contribution in [3.8, 4) is 0 Å². The van der Waals surface area contributed by atoms with Gasteiger partial charge in [-0.2, -0.15) is 0 Å². The molecule has 0 radical (unpaired) electrons. The van der Waals surface area contributed by atoms with Crippen LogP contribution in [0.5, 0.6) is 0 Å². The van der Waals surface area contributed by atoms with Crippen LogP contribution in [-0.4, -0.2) is 37.1 Å². The minimum Gasteiger partial charge on any atom is -0.323 e. The highest BCUT2D eigenvalue weighted by Crippen LogP contribution is 2.31. The number of amides is 1. The Hall–Kier alpha value is -2.77. The molecule has 0 saturated carbocycles. The number of carbonyl (C=O) groups excluding carboxylic acids is 1. The molecule has 4 rings (SSSR count). The number of aromatic amines is 1. The van der Waals surface area contributed by atoms with Gasteiger partial charge in [0.2, 0.25) is 5.91 Å². The minimum absolute atomic E-state index is 0.00290.